The van der Waals surface area contributed by atoms with Gasteiger partial charge in [-0.15, -0.1) is 0 Å². The number of benzene rings is 2. The number of hydrogen-bond donors (Lipinski definition) is 1. The zero-order chi connectivity index (χ0) is 19.8. The highest BCUT2D eigenvalue weighted by molar-refractivity contribution is 8.03. The molecule has 4 nitrogen and oxygen atoms in total. The number of carboxylic acids is 1. The van der Waals surface area contributed by atoms with E-state index < -0.39 is 19.7 Å². The molecule has 0 aliphatic heterocycles. The Morgan fingerprint density at radius 1 is 1.04 bits per heavy atom. The first kappa shape index (κ1) is 20.5. The van der Waals surface area contributed by atoms with Crippen molar-refractivity contribution in [3.8, 4) is 0 Å². The zero-order valence-electron chi connectivity index (χ0n) is 15.5. The maximum Gasteiger partial charge on any atom is 0.350 e. The largest absolute Gasteiger partial charge is 0.481 e. The Labute approximate surface area is 170 Å². The lowest BCUT2D eigenvalue weighted by Crippen LogP contribution is -2.16. The Hall–Kier alpha value is -2.23. The average molecular weight is 412 g/mol. The molecule has 1 heterocycles. The summed E-state index contributed by atoms with van der Waals surface area (Å²) in [6.45, 7) is 0. The van der Waals surface area contributed by atoms with Gasteiger partial charge in [0.05, 0.1) is 5.52 Å². The third-order valence-corrected chi connectivity index (χ3v) is 7.60. The van der Waals surface area contributed by atoms with Crippen LogP contribution in [0, 0.1) is 5.92 Å². The molecule has 0 fully saturated rings. The smallest absolute Gasteiger partial charge is 0.350 e. The van der Waals surface area contributed by atoms with Crippen LogP contribution in [0.15, 0.2) is 71.8 Å². The molecular weight excluding hydrogens is 389 g/mol. The number of para-hydroxylation sites is 1. The number of rotatable bonds is 10. The Kier molecular flexibility index (Phi) is 7.58. The number of aryl methyl sites for hydroxylation is 1. The van der Waals surface area contributed by atoms with E-state index in [4.69, 9.17) is 0 Å². The van der Waals surface area contributed by atoms with E-state index in [1.165, 1.54) is 17.3 Å². The lowest BCUT2D eigenvalue weighted by molar-refractivity contribution is -0.141. The number of fused-ring (bicyclic) bond motifs is 1. The molecule has 2 unspecified atom stereocenters. The first-order valence-corrected chi connectivity index (χ1v) is 11.9. The molecule has 1 aromatic heterocycles. The van der Waals surface area contributed by atoms with Crippen molar-refractivity contribution in [2.45, 2.75) is 24.3 Å². The first-order valence-electron chi connectivity index (χ1n) is 9.29. The minimum atomic E-state index is -1.60. The fourth-order valence-electron chi connectivity index (χ4n) is 3.05. The highest BCUT2D eigenvalue weighted by Crippen LogP contribution is 2.34. The number of carbonyl (C=O) groups is 1. The van der Waals surface area contributed by atoms with Gasteiger partial charge in [-0.1, -0.05) is 70.9 Å². The van der Waals surface area contributed by atoms with Crippen LogP contribution >= 0.6 is 19.6 Å². The summed E-state index contributed by atoms with van der Waals surface area (Å²) in [6.07, 6.45) is 2.39. The number of hydrogen-bond acceptors (Lipinski definition) is 4. The normalized spacial score (nSPS) is 12.6. The number of carboxylic acid groups (broad SMARTS) is 1. The summed E-state index contributed by atoms with van der Waals surface area (Å²) >= 11 is 1.43. The van der Waals surface area contributed by atoms with Crippen LogP contribution in [0.5, 0.6) is 0 Å². The molecule has 2 aromatic carbocycles. The lowest BCUT2D eigenvalue weighted by atomic mass is 10.0. The maximum absolute atomic E-state index is 12.5. The van der Waals surface area contributed by atoms with Crippen molar-refractivity contribution in [3.63, 3.8) is 0 Å². The van der Waals surface area contributed by atoms with Crippen LogP contribution in [-0.4, -0.2) is 27.7 Å². The van der Waals surface area contributed by atoms with Crippen molar-refractivity contribution in [2.24, 2.45) is 5.92 Å². The van der Waals surface area contributed by atoms with E-state index in [0.29, 0.717) is 11.9 Å². The summed E-state index contributed by atoms with van der Waals surface area (Å²) in [5, 5.41) is 11.4. The Morgan fingerprint density at radius 2 is 1.79 bits per heavy atom. The highest BCUT2D eigenvalue weighted by Gasteiger charge is 2.28. The molecule has 144 valence electrons. The minimum absolute atomic E-state index is 0.222. The predicted octanol–water partition coefficient (Wildman–Crippen LogP) is 5.84. The number of thioether (sulfide) groups is 1. The molecule has 1 N–H and O–H groups in total. The van der Waals surface area contributed by atoms with Crippen LogP contribution in [0.4, 0.5) is 0 Å². The van der Waals surface area contributed by atoms with Gasteiger partial charge in [0.1, 0.15) is 10.9 Å². The molecule has 2 atom stereocenters. The van der Waals surface area contributed by atoms with Gasteiger partial charge in [0.25, 0.3) is 0 Å². The molecule has 0 aliphatic rings. The Morgan fingerprint density at radius 3 is 2.57 bits per heavy atom. The molecular formula is C22H23NO3PS+. The van der Waals surface area contributed by atoms with E-state index >= 15 is 0 Å². The molecule has 0 radical (unpaired) electrons. The first-order chi connectivity index (χ1) is 13.6. The highest BCUT2D eigenvalue weighted by atomic mass is 32.2. The second-order valence-electron chi connectivity index (χ2n) is 6.69. The third-order valence-electron chi connectivity index (χ3n) is 4.56. The number of pyridine rings is 1. The van der Waals surface area contributed by atoms with Crippen molar-refractivity contribution in [1.82, 2.24) is 4.98 Å². The molecule has 0 amide bonds. The van der Waals surface area contributed by atoms with Gasteiger partial charge < -0.3 is 5.11 Å². The second kappa shape index (κ2) is 10.4. The van der Waals surface area contributed by atoms with Crippen LogP contribution in [0.3, 0.4) is 0 Å². The fourth-order valence-corrected chi connectivity index (χ4v) is 5.74. The lowest BCUT2D eigenvalue weighted by Gasteiger charge is -2.07. The van der Waals surface area contributed by atoms with Crippen molar-refractivity contribution >= 4 is 36.4 Å². The molecule has 28 heavy (non-hydrogen) atoms. The SMILES string of the molecule is O=C(O)C(CCCc1ccccc1)C[P+](=O)CSc1ccc2ccccc2n1. The van der Waals surface area contributed by atoms with E-state index in [2.05, 4.69) is 4.98 Å². The summed E-state index contributed by atoms with van der Waals surface area (Å²) < 4.78 is 12.5. The third kappa shape index (κ3) is 6.15. The molecule has 0 saturated heterocycles. The number of aliphatic carboxylic acids is 1. The number of nitrogens with zero attached hydrogens (tertiary/aromatic N) is 1. The zero-order valence-corrected chi connectivity index (χ0v) is 17.2. The number of aromatic nitrogens is 1. The Bertz CT molecular complexity index is 949. The summed E-state index contributed by atoms with van der Waals surface area (Å²) in [5.41, 5.74) is 2.50. The van der Waals surface area contributed by atoms with E-state index in [0.717, 1.165) is 28.8 Å². The van der Waals surface area contributed by atoms with Crippen molar-refractivity contribution in [1.29, 1.82) is 0 Å². The van der Waals surface area contributed by atoms with Gasteiger partial charge in [-0.25, -0.2) is 4.98 Å². The second-order valence-corrected chi connectivity index (χ2v) is 9.76. The predicted molar refractivity (Wildman–Crippen MR) is 115 cm³/mol. The van der Waals surface area contributed by atoms with E-state index in [9.17, 15) is 14.5 Å². The summed E-state index contributed by atoms with van der Waals surface area (Å²) in [6, 6.07) is 21.8. The van der Waals surface area contributed by atoms with Gasteiger partial charge in [0, 0.05) is 5.39 Å². The van der Waals surface area contributed by atoms with Crippen LogP contribution in [0.1, 0.15) is 18.4 Å². The summed E-state index contributed by atoms with van der Waals surface area (Å²) in [7, 11) is -1.60. The van der Waals surface area contributed by atoms with Crippen LogP contribution in [0.25, 0.3) is 10.9 Å². The summed E-state index contributed by atoms with van der Waals surface area (Å²) in [4.78, 5) is 16.1. The topological polar surface area (TPSA) is 67.3 Å². The van der Waals surface area contributed by atoms with Gasteiger partial charge in [-0.05, 0) is 37.0 Å². The molecule has 3 rings (SSSR count). The van der Waals surface area contributed by atoms with Gasteiger partial charge in [-0.2, -0.15) is 0 Å². The molecule has 0 aliphatic carbocycles. The van der Waals surface area contributed by atoms with Crippen LogP contribution in [-0.2, 0) is 15.8 Å². The van der Waals surface area contributed by atoms with Gasteiger partial charge in [0.15, 0.2) is 11.7 Å². The molecule has 0 spiro atoms. The molecule has 0 saturated carbocycles. The van der Waals surface area contributed by atoms with E-state index in [1.807, 2.05) is 66.7 Å². The van der Waals surface area contributed by atoms with Crippen molar-refractivity contribution < 1.29 is 14.5 Å². The summed E-state index contributed by atoms with van der Waals surface area (Å²) in [5.74, 6) is -1.41. The standard InChI is InChI=1S/C22H22NO3PS/c24-22(25)19(11-6-9-17-7-2-1-3-8-17)15-27(26)16-28-21-14-13-18-10-4-5-12-20(18)23-21/h1-5,7-8,10,12-14,19H,6,9,11,15-16H2/p+1. The van der Waals surface area contributed by atoms with E-state index in [-0.39, 0.29) is 6.16 Å². The molecule has 3 aromatic rings. The monoisotopic (exact) mass is 412 g/mol. The van der Waals surface area contributed by atoms with Gasteiger partial charge in [-0.3, -0.25) is 4.79 Å². The van der Waals surface area contributed by atoms with Gasteiger partial charge in [0.2, 0.25) is 0 Å². The fraction of sp³-hybridized carbons (Fsp3) is 0.273. The maximum atomic E-state index is 12.5. The quantitative estimate of drug-likeness (QED) is 0.335. The van der Waals surface area contributed by atoms with Gasteiger partial charge >= 0.3 is 13.8 Å². The molecule has 6 heteroatoms. The van der Waals surface area contributed by atoms with E-state index in [1.54, 1.807) is 0 Å². The van der Waals surface area contributed by atoms with Crippen molar-refractivity contribution in [3.05, 3.63) is 72.3 Å². The minimum Gasteiger partial charge on any atom is -0.481 e. The van der Waals surface area contributed by atoms with Crippen LogP contribution < -0.4 is 0 Å². The Balaban J connectivity index is 1.48. The van der Waals surface area contributed by atoms with Crippen molar-refractivity contribution in [2.75, 3.05) is 11.7 Å². The average Bonchev–Trinajstić information content (AvgIpc) is 2.72. The molecule has 0 bridgehead atoms. The van der Waals surface area contributed by atoms with Crippen LogP contribution in [0.2, 0.25) is 0 Å².